The molecule has 0 saturated heterocycles. The van der Waals surface area contributed by atoms with Gasteiger partial charge in [0.2, 0.25) is 5.91 Å². The number of hydrogen-bond acceptors (Lipinski definition) is 4. The lowest BCUT2D eigenvalue weighted by atomic mass is 9.98. The molecule has 0 aliphatic heterocycles. The van der Waals surface area contributed by atoms with Crippen LogP contribution in [0.1, 0.15) is 110 Å². The molecule has 0 bridgehead atoms. The van der Waals surface area contributed by atoms with Gasteiger partial charge in [-0.3, -0.25) is 14.2 Å². The molecule has 0 radical (unpaired) electrons. The summed E-state index contributed by atoms with van der Waals surface area (Å²) < 4.78 is 31.5. The molecule has 2 N–H and O–H groups in total. The van der Waals surface area contributed by atoms with Gasteiger partial charge < -0.3 is 5.32 Å². The number of nitrogens with zero attached hydrogens (tertiary/aromatic N) is 1. The van der Waals surface area contributed by atoms with Crippen LogP contribution in [0.5, 0.6) is 0 Å². The van der Waals surface area contributed by atoms with Crippen LogP contribution < -0.4 is 5.32 Å². The monoisotopic (exact) mass is 434 g/mol. The molecule has 174 valence electrons. The maximum atomic E-state index is 12.5. The zero-order valence-corrected chi connectivity index (χ0v) is 20.2. The van der Waals surface area contributed by atoms with Crippen molar-refractivity contribution in [2.24, 2.45) is 0 Å². The molecule has 0 heterocycles. The lowest BCUT2D eigenvalue weighted by Gasteiger charge is -2.40. The van der Waals surface area contributed by atoms with Crippen LogP contribution in [0.3, 0.4) is 0 Å². The summed E-state index contributed by atoms with van der Waals surface area (Å²) in [6, 6.07) is 0. The third kappa shape index (κ3) is 14.9. The highest BCUT2D eigenvalue weighted by Crippen LogP contribution is 2.22. The Bertz CT molecular complexity index is 523. The molecule has 7 heteroatoms. The Kier molecular flexibility index (Phi) is 15.7. The number of hydrogen-bond donors (Lipinski definition) is 2. The molecule has 0 saturated carbocycles. The summed E-state index contributed by atoms with van der Waals surface area (Å²) in [6.45, 7) is 4.24. The summed E-state index contributed by atoms with van der Waals surface area (Å²) in [7, 11) is -0.391. The molecule has 0 aliphatic rings. The maximum absolute atomic E-state index is 12.5. The second kappa shape index (κ2) is 16.1. The summed E-state index contributed by atoms with van der Waals surface area (Å²) in [4.78, 5) is 14.3. The molecule has 29 heavy (non-hydrogen) atoms. The van der Waals surface area contributed by atoms with Gasteiger partial charge >= 0.3 is 0 Å². The summed E-state index contributed by atoms with van der Waals surface area (Å²) in [5.41, 5.74) is -0.737. The van der Waals surface area contributed by atoms with E-state index >= 15 is 0 Å². The molecule has 1 amide bonds. The Hall–Kier alpha value is -0.660. The number of carbonyl (C=O) groups is 1. The van der Waals surface area contributed by atoms with Crippen molar-refractivity contribution in [3.63, 3.8) is 0 Å². The largest absolute Gasteiger partial charge is 0.338 e. The van der Waals surface area contributed by atoms with Crippen molar-refractivity contribution in [2.45, 2.75) is 116 Å². The van der Waals surface area contributed by atoms with Gasteiger partial charge in [0.15, 0.2) is 0 Å². The molecule has 0 aromatic heterocycles. The third-order valence-corrected chi connectivity index (χ3v) is 6.39. The van der Waals surface area contributed by atoms with Gasteiger partial charge in [-0.05, 0) is 26.9 Å². The van der Waals surface area contributed by atoms with Gasteiger partial charge in [0.05, 0.1) is 11.4 Å². The van der Waals surface area contributed by atoms with Gasteiger partial charge in [-0.25, -0.2) is 0 Å². The van der Waals surface area contributed by atoms with Crippen LogP contribution in [0.15, 0.2) is 0 Å². The van der Waals surface area contributed by atoms with E-state index in [4.69, 9.17) is 4.55 Å². The average Bonchev–Trinajstić information content (AvgIpc) is 2.63. The van der Waals surface area contributed by atoms with Crippen LogP contribution in [0.2, 0.25) is 0 Å². The molecule has 0 aliphatic carbocycles. The highest BCUT2D eigenvalue weighted by molar-refractivity contribution is 7.85. The van der Waals surface area contributed by atoms with Crippen molar-refractivity contribution in [3.8, 4) is 0 Å². The van der Waals surface area contributed by atoms with Crippen LogP contribution in [-0.4, -0.2) is 49.3 Å². The number of carbonyl (C=O) groups excluding carboxylic acids is 1. The zero-order chi connectivity index (χ0) is 22.2. The third-order valence-electron chi connectivity index (χ3n) is 5.67. The van der Waals surface area contributed by atoms with Gasteiger partial charge in [0.1, 0.15) is 0 Å². The Balaban J connectivity index is 4.16. The number of nitrogens with one attached hydrogen (secondary N) is 1. The van der Waals surface area contributed by atoms with Crippen LogP contribution >= 0.6 is 0 Å². The van der Waals surface area contributed by atoms with E-state index < -0.39 is 15.8 Å². The van der Waals surface area contributed by atoms with E-state index in [1.807, 2.05) is 25.9 Å². The fourth-order valence-corrected chi connectivity index (χ4v) is 4.39. The number of unbranched alkanes of at least 4 members (excludes halogenated alkanes) is 10. The first kappa shape index (κ1) is 28.3. The molecule has 0 aromatic carbocycles. The Labute approximate surface area is 180 Å². The highest BCUT2D eigenvalue weighted by atomic mass is 32.2. The summed E-state index contributed by atoms with van der Waals surface area (Å²) in [5, 5.41) is 3.05. The van der Waals surface area contributed by atoms with Gasteiger partial charge in [-0.2, -0.15) is 8.42 Å². The quantitative estimate of drug-likeness (QED) is 0.167. The molecule has 0 fully saturated rings. The second-order valence-electron chi connectivity index (χ2n) is 8.55. The molecule has 0 spiro atoms. The van der Waals surface area contributed by atoms with Gasteiger partial charge in [0, 0.05) is 12.8 Å². The van der Waals surface area contributed by atoms with Crippen molar-refractivity contribution in [2.75, 3.05) is 19.8 Å². The standard InChI is InChI=1S/C22H46N2O4S/c1-5-7-8-9-10-11-12-13-14-15-16-17-21(25)23-22(18-6-2,24(3)4)19-20-29(26,27)28/h5-20H2,1-4H3,(H,23,25)(H,26,27,28). The average molecular weight is 435 g/mol. The van der Waals surface area contributed by atoms with Gasteiger partial charge in [0.25, 0.3) is 10.1 Å². The summed E-state index contributed by atoms with van der Waals surface area (Å²) >= 11 is 0. The lowest BCUT2D eigenvalue weighted by Crippen LogP contribution is -2.58. The van der Waals surface area contributed by atoms with E-state index in [1.165, 1.54) is 57.8 Å². The van der Waals surface area contributed by atoms with Crippen molar-refractivity contribution < 1.29 is 17.8 Å². The predicted octanol–water partition coefficient (Wildman–Crippen LogP) is 5.14. The van der Waals surface area contributed by atoms with Crippen molar-refractivity contribution >= 4 is 16.0 Å². The first-order valence-electron chi connectivity index (χ1n) is 11.6. The molecule has 1 atom stereocenters. The topological polar surface area (TPSA) is 86.7 Å². The fraction of sp³-hybridized carbons (Fsp3) is 0.955. The summed E-state index contributed by atoms with van der Waals surface area (Å²) in [5.74, 6) is -0.400. The first-order chi connectivity index (χ1) is 13.7. The van der Waals surface area contributed by atoms with Crippen molar-refractivity contribution in [3.05, 3.63) is 0 Å². The van der Waals surface area contributed by atoms with E-state index in [9.17, 15) is 13.2 Å². The number of amides is 1. The zero-order valence-electron chi connectivity index (χ0n) is 19.3. The minimum absolute atomic E-state index is 0.0431. The highest BCUT2D eigenvalue weighted by Gasteiger charge is 2.34. The Morgan fingerprint density at radius 3 is 1.72 bits per heavy atom. The van der Waals surface area contributed by atoms with Crippen LogP contribution in [-0.2, 0) is 14.9 Å². The summed E-state index contributed by atoms with van der Waals surface area (Å²) in [6.07, 6.45) is 15.7. The predicted molar refractivity (Wildman–Crippen MR) is 122 cm³/mol. The molecule has 6 nitrogen and oxygen atoms in total. The second-order valence-corrected chi connectivity index (χ2v) is 10.1. The van der Waals surface area contributed by atoms with Crippen LogP contribution in [0.4, 0.5) is 0 Å². The molecular formula is C22H46N2O4S. The van der Waals surface area contributed by atoms with E-state index in [0.29, 0.717) is 12.8 Å². The lowest BCUT2D eigenvalue weighted by molar-refractivity contribution is -0.125. The minimum atomic E-state index is -4.06. The molecule has 0 aromatic rings. The van der Waals surface area contributed by atoms with Crippen LogP contribution in [0.25, 0.3) is 0 Å². The van der Waals surface area contributed by atoms with Gasteiger partial charge in [-0.15, -0.1) is 0 Å². The normalized spacial score (nSPS) is 14.1. The van der Waals surface area contributed by atoms with E-state index in [0.717, 1.165) is 19.3 Å². The van der Waals surface area contributed by atoms with Crippen molar-refractivity contribution in [1.82, 2.24) is 10.2 Å². The molecule has 0 rings (SSSR count). The first-order valence-corrected chi connectivity index (χ1v) is 13.2. The SMILES string of the molecule is CCCCCCCCCCCCCC(=O)NC(CCC)(CCS(=O)(=O)O)N(C)C. The number of rotatable bonds is 19. The van der Waals surface area contributed by atoms with Crippen molar-refractivity contribution in [1.29, 1.82) is 0 Å². The van der Waals surface area contributed by atoms with E-state index in [2.05, 4.69) is 12.2 Å². The minimum Gasteiger partial charge on any atom is -0.338 e. The smallest absolute Gasteiger partial charge is 0.264 e. The Morgan fingerprint density at radius 2 is 1.31 bits per heavy atom. The van der Waals surface area contributed by atoms with E-state index in [-0.39, 0.29) is 18.1 Å². The molecular weight excluding hydrogens is 388 g/mol. The van der Waals surface area contributed by atoms with E-state index in [1.54, 1.807) is 0 Å². The van der Waals surface area contributed by atoms with Gasteiger partial charge in [-0.1, -0.05) is 84.5 Å². The van der Waals surface area contributed by atoms with Crippen LogP contribution in [0, 0.1) is 0 Å². The fourth-order valence-electron chi connectivity index (χ4n) is 3.79. The maximum Gasteiger partial charge on any atom is 0.264 e. The molecule has 1 unspecified atom stereocenters. The Morgan fingerprint density at radius 1 is 0.828 bits per heavy atom.